The van der Waals surface area contributed by atoms with Crippen molar-refractivity contribution >= 4 is 17.3 Å². The van der Waals surface area contributed by atoms with Gasteiger partial charge in [-0.25, -0.2) is 0 Å². The van der Waals surface area contributed by atoms with Gasteiger partial charge in [-0.05, 0) is 42.3 Å². The number of hydrogen-bond acceptors (Lipinski definition) is 3. The van der Waals surface area contributed by atoms with Crippen LogP contribution in [0, 0.1) is 5.92 Å². The monoisotopic (exact) mass is 298 g/mol. The number of amides is 1. The summed E-state index contributed by atoms with van der Waals surface area (Å²) in [6.07, 6.45) is 0. The zero-order valence-electron chi connectivity index (χ0n) is 13.0. The van der Waals surface area contributed by atoms with Crippen LogP contribution in [0.4, 0.5) is 11.4 Å². The van der Waals surface area contributed by atoms with E-state index in [4.69, 9.17) is 4.74 Å². The summed E-state index contributed by atoms with van der Waals surface area (Å²) in [6, 6.07) is 17.1. The molecular weight excluding hydrogens is 276 g/mol. The predicted molar refractivity (Wildman–Crippen MR) is 90.3 cm³/mol. The van der Waals surface area contributed by atoms with Crippen LogP contribution in [0.15, 0.2) is 54.6 Å². The summed E-state index contributed by atoms with van der Waals surface area (Å²) in [5.41, 5.74) is 1.69. The van der Waals surface area contributed by atoms with E-state index in [9.17, 15) is 4.79 Å². The van der Waals surface area contributed by atoms with E-state index in [1.807, 2.05) is 54.6 Å². The second-order valence-corrected chi connectivity index (χ2v) is 5.50. The molecule has 0 aliphatic heterocycles. The van der Waals surface area contributed by atoms with Crippen molar-refractivity contribution < 1.29 is 9.53 Å². The minimum absolute atomic E-state index is 0.0836. The summed E-state index contributed by atoms with van der Waals surface area (Å²) >= 11 is 0. The van der Waals surface area contributed by atoms with Crippen LogP contribution in [0.25, 0.3) is 0 Å². The minimum Gasteiger partial charge on any atom is -0.493 e. The largest absolute Gasteiger partial charge is 0.493 e. The number of anilines is 2. The molecule has 0 aliphatic carbocycles. The molecule has 4 nitrogen and oxygen atoms in total. The number of para-hydroxylation sites is 1. The molecule has 0 heterocycles. The van der Waals surface area contributed by atoms with Crippen molar-refractivity contribution in [3.05, 3.63) is 54.6 Å². The maximum Gasteiger partial charge on any atom is 0.243 e. The van der Waals surface area contributed by atoms with Gasteiger partial charge in [0, 0.05) is 11.4 Å². The standard InChI is InChI=1S/C18H22N2O2/c1-14(2)13-22-17-10-8-16(9-11-17)20-18(21)12-19-15-6-4-3-5-7-15/h3-11,14,19H,12-13H2,1-2H3,(H,20,21). The van der Waals surface area contributed by atoms with Gasteiger partial charge in [0.1, 0.15) is 5.75 Å². The Morgan fingerprint density at radius 2 is 1.68 bits per heavy atom. The van der Waals surface area contributed by atoms with Crippen LogP contribution in [0.3, 0.4) is 0 Å². The molecule has 0 saturated carbocycles. The maximum absolute atomic E-state index is 11.9. The number of ether oxygens (including phenoxy) is 1. The zero-order valence-corrected chi connectivity index (χ0v) is 13.0. The molecule has 4 heteroatoms. The van der Waals surface area contributed by atoms with E-state index in [2.05, 4.69) is 24.5 Å². The van der Waals surface area contributed by atoms with E-state index in [1.165, 1.54) is 0 Å². The Labute approximate surface area is 131 Å². The number of nitrogens with one attached hydrogen (secondary N) is 2. The summed E-state index contributed by atoms with van der Waals surface area (Å²) in [6.45, 7) is 5.13. The van der Waals surface area contributed by atoms with Crippen LogP contribution in [0.1, 0.15) is 13.8 Å². The third-order valence-corrected chi connectivity index (χ3v) is 2.95. The van der Waals surface area contributed by atoms with E-state index < -0.39 is 0 Å². The quantitative estimate of drug-likeness (QED) is 0.818. The number of hydrogen-bond donors (Lipinski definition) is 2. The van der Waals surface area contributed by atoms with Crippen molar-refractivity contribution in [2.75, 3.05) is 23.8 Å². The highest BCUT2D eigenvalue weighted by Gasteiger charge is 2.03. The molecule has 0 unspecified atom stereocenters. The third kappa shape index (κ3) is 5.48. The molecule has 2 aromatic rings. The summed E-state index contributed by atoms with van der Waals surface area (Å²) in [5, 5.41) is 5.92. The first-order valence-electron chi connectivity index (χ1n) is 7.45. The van der Waals surface area contributed by atoms with Gasteiger partial charge < -0.3 is 15.4 Å². The van der Waals surface area contributed by atoms with Crippen LogP contribution >= 0.6 is 0 Å². The van der Waals surface area contributed by atoms with Gasteiger partial charge >= 0.3 is 0 Å². The lowest BCUT2D eigenvalue weighted by atomic mass is 10.2. The Bertz CT molecular complexity index is 580. The number of carbonyl (C=O) groups is 1. The van der Waals surface area contributed by atoms with Gasteiger partial charge in [0.15, 0.2) is 0 Å². The lowest BCUT2D eigenvalue weighted by molar-refractivity contribution is -0.114. The van der Waals surface area contributed by atoms with Gasteiger partial charge in [0.2, 0.25) is 5.91 Å². The molecule has 0 saturated heterocycles. The predicted octanol–water partition coefficient (Wildman–Crippen LogP) is 3.77. The van der Waals surface area contributed by atoms with Crippen molar-refractivity contribution in [3.8, 4) is 5.75 Å². The lowest BCUT2D eigenvalue weighted by Crippen LogP contribution is -2.21. The average Bonchev–Trinajstić information content (AvgIpc) is 2.53. The molecule has 2 N–H and O–H groups in total. The first kappa shape index (κ1) is 15.9. The fourth-order valence-electron chi connectivity index (χ4n) is 1.84. The van der Waals surface area contributed by atoms with Crippen LogP contribution in [-0.4, -0.2) is 19.1 Å². The van der Waals surface area contributed by atoms with Gasteiger partial charge in [-0.3, -0.25) is 4.79 Å². The molecule has 2 rings (SSSR count). The van der Waals surface area contributed by atoms with Crippen LogP contribution in [0.2, 0.25) is 0 Å². The fourth-order valence-corrected chi connectivity index (χ4v) is 1.84. The maximum atomic E-state index is 11.9. The third-order valence-electron chi connectivity index (χ3n) is 2.95. The van der Waals surface area contributed by atoms with Crippen molar-refractivity contribution in [2.45, 2.75) is 13.8 Å². The van der Waals surface area contributed by atoms with Crippen molar-refractivity contribution in [1.29, 1.82) is 0 Å². The van der Waals surface area contributed by atoms with Crippen LogP contribution < -0.4 is 15.4 Å². The Hall–Kier alpha value is -2.49. The molecule has 2 aromatic carbocycles. The smallest absolute Gasteiger partial charge is 0.243 e. The number of benzene rings is 2. The van der Waals surface area contributed by atoms with E-state index in [-0.39, 0.29) is 12.5 Å². The van der Waals surface area contributed by atoms with Crippen molar-refractivity contribution in [1.82, 2.24) is 0 Å². The molecule has 1 amide bonds. The number of rotatable bonds is 7. The Morgan fingerprint density at radius 3 is 2.32 bits per heavy atom. The minimum atomic E-state index is -0.0836. The summed E-state index contributed by atoms with van der Waals surface area (Å²) in [5.74, 6) is 1.22. The van der Waals surface area contributed by atoms with E-state index in [0.717, 1.165) is 17.1 Å². The Balaban J connectivity index is 1.79. The summed E-state index contributed by atoms with van der Waals surface area (Å²) in [4.78, 5) is 11.9. The zero-order chi connectivity index (χ0) is 15.8. The number of carbonyl (C=O) groups excluding carboxylic acids is 1. The molecule has 0 atom stereocenters. The van der Waals surface area contributed by atoms with Gasteiger partial charge in [-0.2, -0.15) is 0 Å². The Kier molecular flexibility index (Phi) is 5.83. The van der Waals surface area contributed by atoms with Gasteiger partial charge in [0.25, 0.3) is 0 Å². The van der Waals surface area contributed by atoms with Gasteiger partial charge in [-0.1, -0.05) is 32.0 Å². The SMILES string of the molecule is CC(C)COc1ccc(NC(=O)CNc2ccccc2)cc1. The molecule has 116 valence electrons. The van der Waals surface area contributed by atoms with E-state index in [1.54, 1.807) is 0 Å². The van der Waals surface area contributed by atoms with Crippen molar-refractivity contribution in [3.63, 3.8) is 0 Å². The van der Waals surface area contributed by atoms with E-state index in [0.29, 0.717) is 12.5 Å². The van der Waals surface area contributed by atoms with Gasteiger partial charge in [-0.15, -0.1) is 0 Å². The summed E-state index contributed by atoms with van der Waals surface area (Å²) in [7, 11) is 0. The van der Waals surface area contributed by atoms with Crippen LogP contribution in [-0.2, 0) is 4.79 Å². The molecule has 0 spiro atoms. The lowest BCUT2D eigenvalue weighted by Gasteiger charge is -2.10. The fraction of sp³-hybridized carbons (Fsp3) is 0.278. The normalized spacial score (nSPS) is 10.3. The molecule has 0 aliphatic rings. The molecule has 0 fully saturated rings. The van der Waals surface area contributed by atoms with E-state index >= 15 is 0 Å². The molecule has 0 aromatic heterocycles. The van der Waals surface area contributed by atoms with Crippen LogP contribution in [0.5, 0.6) is 5.75 Å². The second kappa shape index (κ2) is 8.08. The average molecular weight is 298 g/mol. The van der Waals surface area contributed by atoms with Crippen molar-refractivity contribution in [2.24, 2.45) is 5.92 Å². The highest BCUT2D eigenvalue weighted by Crippen LogP contribution is 2.16. The highest BCUT2D eigenvalue weighted by molar-refractivity contribution is 5.93. The molecule has 22 heavy (non-hydrogen) atoms. The second-order valence-electron chi connectivity index (χ2n) is 5.50. The molecule has 0 bridgehead atoms. The Morgan fingerprint density at radius 1 is 1.00 bits per heavy atom. The summed E-state index contributed by atoms with van der Waals surface area (Å²) < 4.78 is 5.61. The molecule has 0 radical (unpaired) electrons. The highest BCUT2D eigenvalue weighted by atomic mass is 16.5. The first-order chi connectivity index (χ1) is 10.6. The molecular formula is C18H22N2O2. The topological polar surface area (TPSA) is 50.4 Å². The van der Waals surface area contributed by atoms with Gasteiger partial charge in [0.05, 0.1) is 13.2 Å². The first-order valence-corrected chi connectivity index (χ1v) is 7.45.